The minimum absolute atomic E-state index is 0.0728. The minimum atomic E-state index is 0.0728. The van der Waals surface area contributed by atoms with Gasteiger partial charge in [-0.2, -0.15) is 0 Å². The first-order valence-electron chi connectivity index (χ1n) is 8.01. The van der Waals surface area contributed by atoms with Crippen LogP contribution in [-0.2, 0) is 19.1 Å². The van der Waals surface area contributed by atoms with Gasteiger partial charge in [0.15, 0.2) is 0 Å². The summed E-state index contributed by atoms with van der Waals surface area (Å²) in [7, 11) is 0. The first-order chi connectivity index (χ1) is 12.3. The van der Waals surface area contributed by atoms with Gasteiger partial charge in [0.25, 0.3) is 0 Å². The average molecular weight is 355 g/mol. The summed E-state index contributed by atoms with van der Waals surface area (Å²) in [6, 6.07) is 23.0. The molecule has 0 saturated heterocycles. The van der Waals surface area contributed by atoms with Crippen LogP contribution in [0.25, 0.3) is 0 Å². The van der Waals surface area contributed by atoms with Crippen LogP contribution in [0.4, 0.5) is 0 Å². The van der Waals surface area contributed by atoms with Crippen LogP contribution in [-0.4, -0.2) is 5.11 Å². The fourth-order valence-corrected chi connectivity index (χ4v) is 2.70. The van der Waals surface area contributed by atoms with Crippen molar-refractivity contribution < 1.29 is 14.6 Å². The highest BCUT2D eigenvalue weighted by Crippen LogP contribution is 2.35. The quantitative estimate of drug-likeness (QED) is 0.586. The number of rotatable bonds is 7. The van der Waals surface area contributed by atoms with E-state index in [1.807, 2.05) is 60.7 Å². The molecule has 25 heavy (non-hydrogen) atoms. The first-order valence-corrected chi connectivity index (χ1v) is 8.55. The van der Waals surface area contributed by atoms with Crippen molar-refractivity contribution in [1.29, 1.82) is 0 Å². The van der Waals surface area contributed by atoms with Crippen molar-refractivity contribution in [2.45, 2.75) is 19.1 Å². The lowest BCUT2D eigenvalue weighted by Crippen LogP contribution is -2.00. The van der Waals surface area contributed by atoms with Crippen molar-refractivity contribution in [3.8, 4) is 17.2 Å². The SMILES string of the molecule is Oc1cc(OCc2ccccc2)cc(OCc2ccccc2)c1CCl. The molecule has 0 amide bonds. The standard InChI is InChI=1S/C21H19ClO3/c22-13-19-20(23)11-18(24-14-16-7-3-1-4-8-16)12-21(19)25-15-17-9-5-2-6-10-17/h1-12,23H,13-15H2. The van der Waals surface area contributed by atoms with Gasteiger partial charge in [0, 0.05) is 12.1 Å². The third kappa shape index (κ3) is 4.68. The summed E-state index contributed by atoms with van der Waals surface area (Å²) in [5.74, 6) is 1.30. The Balaban J connectivity index is 1.75. The van der Waals surface area contributed by atoms with Crippen molar-refractivity contribution in [2.75, 3.05) is 0 Å². The van der Waals surface area contributed by atoms with E-state index in [0.717, 1.165) is 11.1 Å². The Morgan fingerprint density at radius 1 is 0.760 bits per heavy atom. The van der Waals surface area contributed by atoms with Crippen molar-refractivity contribution in [3.63, 3.8) is 0 Å². The maximum absolute atomic E-state index is 10.2. The molecular formula is C21H19ClO3. The Kier molecular flexibility index (Phi) is 5.81. The number of phenols is 1. The van der Waals surface area contributed by atoms with E-state index >= 15 is 0 Å². The van der Waals surface area contributed by atoms with E-state index in [1.165, 1.54) is 0 Å². The zero-order valence-corrected chi connectivity index (χ0v) is 14.4. The van der Waals surface area contributed by atoms with Gasteiger partial charge in [-0.15, -0.1) is 11.6 Å². The molecule has 1 N–H and O–H groups in total. The number of ether oxygens (including phenoxy) is 2. The van der Waals surface area contributed by atoms with E-state index in [0.29, 0.717) is 30.3 Å². The molecule has 0 spiro atoms. The minimum Gasteiger partial charge on any atom is -0.507 e. The normalized spacial score (nSPS) is 10.4. The topological polar surface area (TPSA) is 38.7 Å². The van der Waals surface area contributed by atoms with Gasteiger partial charge < -0.3 is 14.6 Å². The number of hydrogen-bond donors (Lipinski definition) is 1. The first kappa shape index (κ1) is 17.2. The Morgan fingerprint density at radius 2 is 1.32 bits per heavy atom. The van der Waals surface area contributed by atoms with E-state index in [9.17, 15) is 5.11 Å². The van der Waals surface area contributed by atoms with Crippen LogP contribution in [0.15, 0.2) is 72.8 Å². The Morgan fingerprint density at radius 3 is 1.88 bits per heavy atom. The molecule has 0 aliphatic heterocycles. The summed E-state index contributed by atoms with van der Waals surface area (Å²) in [5, 5.41) is 10.2. The fourth-order valence-electron chi connectivity index (χ4n) is 2.43. The van der Waals surface area contributed by atoms with E-state index in [1.54, 1.807) is 12.1 Å². The van der Waals surface area contributed by atoms with Gasteiger partial charge in [-0.25, -0.2) is 0 Å². The van der Waals surface area contributed by atoms with Crippen LogP contribution in [0.1, 0.15) is 16.7 Å². The molecule has 128 valence electrons. The van der Waals surface area contributed by atoms with Crippen LogP contribution in [0, 0.1) is 0 Å². The van der Waals surface area contributed by atoms with Crippen molar-refractivity contribution in [1.82, 2.24) is 0 Å². The average Bonchev–Trinajstić information content (AvgIpc) is 2.66. The summed E-state index contributed by atoms with van der Waals surface area (Å²) < 4.78 is 11.6. The van der Waals surface area contributed by atoms with E-state index in [-0.39, 0.29) is 11.6 Å². The smallest absolute Gasteiger partial charge is 0.131 e. The molecule has 0 aromatic heterocycles. The Bertz CT molecular complexity index is 804. The van der Waals surface area contributed by atoms with E-state index in [2.05, 4.69) is 0 Å². The number of hydrogen-bond acceptors (Lipinski definition) is 3. The largest absolute Gasteiger partial charge is 0.507 e. The molecule has 0 heterocycles. The lowest BCUT2D eigenvalue weighted by molar-refractivity contribution is 0.285. The summed E-state index contributed by atoms with van der Waals surface area (Å²) in [4.78, 5) is 0. The van der Waals surface area contributed by atoms with E-state index < -0.39 is 0 Å². The van der Waals surface area contributed by atoms with Crippen molar-refractivity contribution >= 4 is 11.6 Å². The second-order valence-electron chi connectivity index (χ2n) is 5.60. The highest BCUT2D eigenvalue weighted by Gasteiger charge is 2.12. The molecule has 3 nitrogen and oxygen atoms in total. The van der Waals surface area contributed by atoms with Gasteiger partial charge >= 0.3 is 0 Å². The number of aromatic hydroxyl groups is 1. The third-order valence-corrected chi connectivity index (χ3v) is 4.05. The molecule has 3 rings (SSSR count). The molecule has 0 radical (unpaired) electrons. The zero-order chi connectivity index (χ0) is 17.5. The lowest BCUT2D eigenvalue weighted by atomic mass is 10.2. The lowest BCUT2D eigenvalue weighted by Gasteiger charge is -2.14. The maximum Gasteiger partial charge on any atom is 0.131 e. The van der Waals surface area contributed by atoms with Crippen LogP contribution >= 0.6 is 11.6 Å². The van der Waals surface area contributed by atoms with Crippen LogP contribution in [0.2, 0.25) is 0 Å². The fraction of sp³-hybridized carbons (Fsp3) is 0.143. The number of alkyl halides is 1. The molecular weight excluding hydrogens is 336 g/mol. The van der Waals surface area contributed by atoms with Crippen LogP contribution in [0.3, 0.4) is 0 Å². The second kappa shape index (κ2) is 8.45. The monoisotopic (exact) mass is 354 g/mol. The van der Waals surface area contributed by atoms with Crippen LogP contribution in [0.5, 0.6) is 17.2 Å². The molecule has 0 aliphatic carbocycles. The second-order valence-corrected chi connectivity index (χ2v) is 5.87. The van der Waals surface area contributed by atoms with Crippen molar-refractivity contribution in [2.24, 2.45) is 0 Å². The highest BCUT2D eigenvalue weighted by molar-refractivity contribution is 6.17. The third-order valence-electron chi connectivity index (χ3n) is 3.78. The molecule has 0 atom stereocenters. The summed E-state index contributed by atoms with van der Waals surface area (Å²) in [6.45, 7) is 0.810. The molecule has 0 aliphatic rings. The molecule has 3 aromatic rings. The number of benzene rings is 3. The zero-order valence-electron chi connectivity index (χ0n) is 13.7. The van der Waals surface area contributed by atoms with E-state index in [4.69, 9.17) is 21.1 Å². The van der Waals surface area contributed by atoms with Gasteiger partial charge in [0.1, 0.15) is 30.5 Å². The predicted molar refractivity (Wildman–Crippen MR) is 99.2 cm³/mol. The summed E-state index contributed by atoms with van der Waals surface area (Å²) in [5.41, 5.74) is 2.65. The Labute approximate surface area is 152 Å². The maximum atomic E-state index is 10.2. The van der Waals surface area contributed by atoms with Gasteiger partial charge in [-0.05, 0) is 11.1 Å². The van der Waals surface area contributed by atoms with Gasteiger partial charge in [-0.1, -0.05) is 60.7 Å². The molecule has 4 heteroatoms. The van der Waals surface area contributed by atoms with Gasteiger partial charge in [0.2, 0.25) is 0 Å². The Hall–Kier alpha value is -2.65. The highest BCUT2D eigenvalue weighted by atomic mass is 35.5. The van der Waals surface area contributed by atoms with Crippen LogP contribution < -0.4 is 9.47 Å². The van der Waals surface area contributed by atoms with Gasteiger partial charge in [0.05, 0.1) is 11.4 Å². The molecule has 0 unspecified atom stereocenters. The summed E-state index contributed by atoms with van der Waals surface area (Å²) >= 11 is 5.96. The van der Waals surface area contributed by atoms with Gasteiger partial charge in [-0.3, -0.25) is 0 Å². The summed E-state index contributed by atoms with van der Waals surface area (Å²) in [6.07, 6.45) is 0. The molecule has 3 aromatic carbocycles. The number of halogens is 1. The van der Waals surface area contributed by atoms with Crippen molar-refractivity contribution in [3.05, 3.63) is 89.5 Å². The molecule has 0 saturated carbocycles. The number of phenolic OH excluding ortho intramolecular Hbond substituents is 1. The molecule has 0 bridgehead atoms. The molecule has 0 fully saturated rings. The predicted octanol–water partition coefficient (Wildman–Crippen LogP) is 5.29.